The average Bonchev–Trinajstić information content (AvgIpc) is 2.17. The summed E-state index contributed by atoms with van der Waals surface area (Å²) < 4.78 is 23.5. The van der Waals surface area contributed by atoms with Gasteiger partial charge in [0.25, 0.3) is 0 Å². The number of benzene rings is 1. The van der Waals surface area contributed by atoms with E-state index in [9.17, 15) is 8.42 Å². The van der Waals surface area contributed by atoms with E-state index < -0.39 is 9.84 Å². The predicted octanol–water partition coefficient (Wildman–Crippen LogP) is 2.75. The molecule has 2 nitrogen and oxygen atoms in total. The van der Waals surface area contributed by atoms with Crippen LogP contribution in [0.1, 0.15) is 31.9 Å². The Bertz CT molecular complexity index is 487. The van der Waals surface area contributed by atoms with Gasteiger partial charge in [0.15, 0.2) is 9.84 Å². The normalized spacial score (nSPS) is 11.8. The Balaban J connectivity index is 2.99. The van der Waals surface area contributed by atoms with Crippen LogP contribution in [-0.2, 0) is 15.6 Å². The second kappa shape index (κ2) is 5.06. The smallest absolute Gasteiger partial charge is 0.156 e. The quantitative estimate of drug-likeness (QED) is 0.613. The minimum Gasteiger partial charge on any atom is -0.228 e. The molecular formula is C12H16O2S2. The zero-order chi connectivity index (χ0) is 12.3. The summed E-state index contributed by atoms with van der Waals surface area (Å²) in [6.45, 7) is 5.23. The Morgan fingerprint density at radius 1 is 1.38 bits per heavy atom. The summed E-state index contributed by atoms with van der Waals surface area (Å²) in [5, 5.41) is -0.343. The van der Waals surface area contributed by atoms with Crippen LogP contribution in [0, 0.1) is 0 Å². The van der Waals surface area contributed by atoms with E-state index in [-0.39, 0.29) is 11.0 Å². The molecule has 0 N–H and O–H groups in total. The van der Waals surface area contributed by atoms with E-state index in [0.717, 1.165) is 16.0 Å². The van der Waals surface area contributed by atoms with Crippen molar-refractivity contribution in [2.45, 2.75) is 31.8 Å². The largest absolute Gasteiger partial charge is 0.228 e. The second-order valence-corrected chi connectivity index (χ2v) is 7.28. The molecule has 0 unspecified atom stereocenters. The molecule has 0 amide bonds. The van der Waals surface area contributed by atoms with Crippen LogP contribution >= 0.6 is 12.2 Å². The standard InChI is InChI=1S/C12H16O2S2/c1-9(2)16(13,14)8-11-5-4-6-12(7-11)10(3)15/h4-7,9H,8H2,1-3H3. The van der Waals surface area contributed by atoms with Gasteiger partial charge < -0.3 is 0 Å². The van der Waals surface area contributed by atoms with Crippen LogP contribution in [0.15, 0.2) is 24.3 Å². The van der Waals surface area contributed by atoms with Gasteiger partial charge in [0.05, 0.1) is 11.0 Å². The summed E-state index contributed by atoms with van der Waals surface area (Å²) in [5.74, 6) is 0.0844. The van der Waals surface area contributed by atoms with Crippen LogP contribution < -0.4 is 0 Å². The lowest BCUT2D eigenvalue weighted by Crippen LogP contribution is -2.16. The molecule has 0 aromatic heterocycles. The molecule has 1 rings (SSSR count). The summed E-state index contributed by atoms with van der Waals surface area (Å²) >= 11 is 5.07. The first kappa shape index (κ1) is 13.3. The molecule has 88 valence electrons. The highest BCUT2D eigenvalue weighted by Gasteiger charge is 2.16. The van der Waals surface area contributed by atoms with Crippen molar-refractivity contribution >= 4 is 26.9 Å². The lowest BCUT2D eigenvalue weighted by atomic mass is 10.1. The zero-order valence-electron chi connectivity index (χ0n) is 9.73. The van der Waals surface area contributed by atoms with E-state index in [1.165, 1.54) is 0 Å². The first-order valence-electron chi connectivity index (χ1n) is 5.14. The molecule has 1 aromatic carbocycles. The summed E-state index contributed by atoms with van der Waals surface area (Å²) in [4.78, 5) is 0.781. The topological polar surface area (TPSA) is 34.1 Å². The molecule has 0 saturated carbocycles. The van der Waals surface area contributed by atoms with Crippen molar-refractivity contribution in [1.82, 2.24) is 0 Å². The van der Waals surface area contributed by atoms with Crippen molar-refractivity contribution in [3.8, 4) is 0 Å². The summed E-state index contributed by atoms with van der Waals surface area (Å²) in [5.41, 5.74) is 1.72. The van der Waals surface area contributed by atoms with Gasteiger partial charge in [-0.25, -0.2) is 8.42 Å². The van der Waals surface area contributed by atoms with Gasteiger partial charge >= 0.3 is 0 Å². The first-order valence-corrected chi connectivity index (χ1v) is 7.27. The minimum atomic E-state index is -3.04. The van der Waals surface area contributed by atoms with E-state index in [2.05, 4.69) is 0 Å². The zero-order valence-corrected chi connectivity index (χ0v) is 11.4. The van der Waals surface area contributed by atoms with Crippen molar-refractivity contribution in [3.63, 3.8) is 0 Å². The van der Waals surface area contributed by atoms with Gasteiger partial charge in [0.2, 0.25) is 0 Å². The van der Waals surface area contributed by atoms with E-state index in [0.29, 0.717) is 0 Å². The number of hydrogen-bond donors (Lipinski definition) is 0. The Hall–Kier alpha value is -0.740. The van der Waals surface area contributed by atoms with Crippen molar-refractivity contribution < 1.29 is 8.42 Å². The van der Waals surface area contributed by atoms with Gasteiger partial charge in [-0.1, -0.05) is 30.4 Å². The van der Waals surface area contributed by atoms with Gasteiger partial charge in [-0.2, -0.15) is 0 Å². The lowest BCUT2D eigenvalue weighted by Gasteiger charge is -2.08. The van der Waals surface area contributed by atoms with Crippen molar-refractivity contribution in [1.29, 1.82) is 0 Å². The molecule has 4 heteroatoms. The highest BCUT2D eigenvalue weighted by Crippen LogP contribution is 2.13. The van der Waals surface area contributed by atoms with Crippen LogP contribution in [0.3, 0.4) is 0 Å². The van der Waals surface area contributed by atoms with E-state index in [1.807, 2.05) is 31.2 Å². The van der Waals surface area contributed by atoms with Crippen LogP contribution in [0.5, 0.6) is 0 Å². The van der Waals surface area contributed by atoms with E-state index in [4.69, 9.17) is 12.2 Å². The van der Waals surface area contributed by atoms with Crippen LogP contribution in [0.2, 0.25) is 0 Å². The number of thiocarbonyl (C=S) groups is 1. The Labute approximate surface area is 103 Å². The third-order valence-electron chi connectivity index (χ3n) is 2.42. The molecule has 0 heterocycles. The predicted molar refractivity (Wildman–Crippen MR) is 71.6 cm³/mol. The fraction of sp³-hybridized carbons (Fsp3) is 0.417. The van der Waals surface area contributed by atoms with E-state index in [1.54, 1.807) is 13.8 Å². The maximum atomic E-state index is 11.7. The maximum absolute atomic E-state index is 11.7. The highest BCUT2D eigenvalue weighted by atomic mass is 32.2. The number of hydrogen-bond acceptors (Lipinski definition) is 3. The Morgan fingerprint density at radius 2 is 2.00 bits per heavy atom. The molecule has 0 bridgehead atoms. The molecule has 1 aromatic rings. The van der Waals surface area contributed by atoms with Gasteiger partial charge in [-0.15, -0.1) is 0 Å². The van der Waals surface area contributed by atoms with Crippen LogP contribution in [-0.4, -0.2) is 18.5 Å². The Morgan fingerprint density at radius 3 is 2.50 bits per heavy atom. The average molecular weight is 256 g/mol. The lowest BCUT2D eigenvalue weighted by molar-refractivity contribution is 0.586. The van der Waals surface area contributed by atoms with Crippen LogP contribution in [0.25, 0.3) is 0 Å². The molecule has 0 aliphatic heterocycles. The molecule has 0 aliphatic rings. The monoisotopic (exact) mass is 256 g/mol. The maximum Gasteiger partial charge on any atom is 0.156 e. The van der Waals surface area contributed by atoms with E-state index >= 15 is 0 Å². The molecule has 0 radical (unpaired) electrons. The SMILES string of the molecule is CC(=S)c1cccc(CS(=O)(=O)C(C)C)c1. The summed E-state index contributed by atoms with van der Waals surface area (Å²) in [6.07, 6.45) is 0. The molecule has 0 spiro atoms. The molecule has 0 fully saturated rings. The minimum absolute atomic E-state index is 0.0844. The van der Waals surface area contributed by atoms with Gasteiger partial charge in [0.1, 0.15) is 0 Å². The number of rotatable bonds is 4. The summed E-state index contributed by atoms with van der Waals surface area (Å²) in [6, 6.07) is 7.41. The highest BCUT2D eigenvalue weighted by molar-refractivity contribution is 7.91. The van der Waals surface area contributed by atoms with Gasteiger partial charge in [-0.05, 0) is 38.0 Å². The van der Waals surface area contributed by atoms with Crippen molar-refractivity contribution in [3.05, 3.63) is 35.4 Å². The van der Waals surface area contributed by atoms with Crippen molar-refractivity contribution in [2.24, 2.45) is 0 Å². The summed E-state index contributed by atoms with van der Waals surface area (Å²) in [7, 11) is -3.04. The third-order valence-corrected chi connectivity index (χ3v) is 4.83. The third kappa shape index (κ3) is 3.39. The Kier molecular flexibility index (Phi) is 4.21. The first-order chi connectivity index (χ1) is 7.33. The fourth-order valence-electron chi connectivity index (χ4n) is 1.28. The van der Waals surface area contributed by atoms with Gasteiger partial charge in [0, 0.05) is 4.86 Å². The van der Waals surface area contributed by atoms with Crippen LogP contribution in [0.4, 0.5) is 0 Å². The fourth-order valence-corrected chi connectivity index (χ4v) is 2.38. The van der Waals surface area contributed by atoms with Gasteiger partial charge in [-0.3, -0.25) is 0 Å². The number of sulfone groups is 1. The van der Waals surface area contributed by atoms with Crippen molar-refractivity contribution in [2.75, 3.05) is 0 Å². The second-order valence-electron chi connectivity index (χ2n) is 4.11. The molecular weight excluding hydrogens is 240 g/mol. The molecule has 0 aliphatic carbocycles. The molecule has 0 atom stereocenters. The molecule has 16 heavy (non-hydrogen) atoms. The molecule has 0 saturated heterocycles.